The van der Waals surface area contributed by atoms with Crippen LogP contribution in [0.25, 0.3) is 11.4 Å². The van der Waals surface area contributed by atoms with Gasteiger partial charge in [0, 0.05) is 16.9 Å². The molecule has 0 saturated carbocycles. The van der Waals surface area contributed by atoms with E-state index in [1.807, 2.05) is 4.83 Å². The van der Waals surface area contributed by atoms with Crippen LogP contribution in [0.15, 0.2) is 48.5 Å². The van der Waals surface area contributed by atoms with Crippen LogP contribution in [0, 0.1) is 0 Å². The number of rotatable bonds is 5. The second-order valence-electron chi connectivity index (χ2n) is 5.51. The van der Waals surface area contributed by atoms with Crippen molar-refractivity contribution in [2.24, 2.45) is 0 Å². The van der Waals surface area contributed by atoms with Crippen molar-refractivity contribution in [2.75, 3.05) is 16.4 Å². The van der Waals surface area contributed by atoms with Crippen LogP contribution in [-0.4, -0.2) is 35.0 Å². The number of tetrazole rings is 1. The fourth-order valence-corrected chi connectivity index (χ4v) is 2.57. The maximum atomic E-state index is 12.7. The van der Waals surface area contributed by atoms with Crippen molar-refractivity contribution in [1.82, 2.24) is 20.3 Å². The number of para-hydroxylation sites is 1. The lowest BCUT2D eigenvalue weighted by molar-refractivity contribution is -0.137. The fraction of sp³-hybridized carbons (Fsp3) is 0.133. The largest absolute Gasteiger partial charge is 0.416 e. The summed E-state index contributed by atoms with van der Waals surface area (Å²) >= 11 is 0. The monoisotopic (exact) mass is 398 g/mol. The molecule has 0 aliphatic carbocycles. The molecule has 1 heterocycles. The number of hydrogen-bond donors (Lipinski definition) is 2. The van der Waals surface area contributed by atoms with Gasteiger partial charge >= 0.3 is 6.18 Å². The summed E-state index contributed by atoms with van der Waals surface area (Å²) in [7, 11) is -3.58. The Balaban J connectivity index is 1.86. The molecule has 2 N–H and O–H groups in total. The first kappa shape index (κ1) is 18.6. The van der Waals surface area contributed by atoms with Crippen LogP contribution in [0.5, 0.6) is 0 Å². The molecule has 8 nitrogen and oxygen atoms in total. The lowest BCUT2D eigenvalue weighted by atomic mass is 10.1. The van der Waals surface area contributed by atoms with Gasteiger partial charge in [-0.3, -0.25) is 0 Å². The summed E-state index contributed by atoms with van der Waals surface area (Å²) in [6.45, 7) is 0. The highest BCUT2D eigenvalue weighted by molar-refractivity contribution is 7.91. The van der Waals surface area contributed by atoms with E-state index in [0.29, 0.717) is 21.8 Å². The average molecular weight is 398 g/mol. The van der Waals surface area contributed by atoms with Gasteiger partial charge in [0.2, 0.25) is 15.8 Å². The van der Waals surface area contributed by atoms with E-state index in [1.165, 1.54) is 12.1 Å². The van der Waals surface area contributed by atoms with Gasteiger partial charge in [-0.2, -0.15) is 18.0 Å². The van der Waals surface area contributed by atoms with Crippen LogP contribution < -0.4 is 10.1 Å². The minimum absolute atomic E-state index is 0.126. The summed E-state index contributed by atoms with van der Waals surface area (Å²) in [6, 6.07) is 11.3. The van der Waals surface area contributed by atoms with Crippen LogP contribution in [0.1, 0.15) is 5.56 Å². The summed E-state index contributed by atoms with van der Waals surface area (Å²) in [5.74, 6) is 0.126. The zero-order valence-corrected chi connectivity index (χ0v) is 14.6. The van der Waals surface area contributed by atoms with Gasteiger partial charge in [-0.1, -0.05) is 17.0 Å². The van der Waals surface area contributed by atoms with Gasteiger partial charge in [-0.05, 0) is 41.6 Å². The predicted molar refractivity (Wildman–Crippen MR) is 92.2 cm³/mol. The first-order chi connectivity index (χ1) is 12.6. The van der Waals surface area contributed by atoms with E-state index in [-0.39, 0.29) is 5.82 Å². The van der Waals surface area contributed by atoms with E-state index in [1.54, 1.807) is 24.3 Å². The average Bonchev–Trinajstić information content (AvgIpc) is 3.01. The summed E-state index contributed by atoms with van der Waals surface area (Å²) in [4.78, 5) is 2.75. The number of halogens is 3. The van der Waals surface area contributed by atoms with Gasteiger partial charge in [0.25, 0.3) is 0 Å². The van der Waals surface area contributed by atoms with E-state index in [9.17, 15) is 21.6 Å². The van der Waals surface area contributed by atoms with Crippen LogP contribution in [0.4, 0.5) is 24.5 Å². The molecule has 0 amide bonds. The number of benzene rings is 2. The Morgan fingerprint density at radius 2 is 1.70 bits per heavy atom. The van der Waals surface area contributed by atoms with E-state index in [4.69, 9.17) is 0 Å². The number of nitrogens with one attached hydrogen (secondary N) is 2. The van der Waals surface area contributed by atoms with Crippen LogP contribution >= 0.6 is 0 Å². The van der Waals surface area contributed by atoms with E-state index >= 15 is 0 Å². The Morgan fingerprint density at radius 1 is 1.04 bits per heavy atom. The second kappa shape index (κ2) is 6.87. The van der Waals surface area contributed by atoms with Gasteiger partial charge < -0.3 is 5.32 Å². The first-order valence-corrected chi connectivity index (χ1v) is 9.32. The predicted octanol–water partition coefficient (Wildman–Crippen LogP) is 2.61. The third-order valence-corrected chi connectivity index (χ3v) is 3.82. The molecule has 0 bridgehead atoms. The lowest BCUT2D eigenvalue weighted by Crippen LogP contribution is -2.24. The molecule has 27 heavy (non-hydrogen) atoms. The third-order valence-electron chi connectivity index (χ3n) is 3.32. The van der Waals surface area contributed by atoms with Gasteiger partial charge in [0.15, 0.2) is 0 Å². The summed E-state index contributed by atoms with van der Waals surface area (Å²) in [5.41, 5.74) is 0.671. The topological polar surface area (TPSA) is 102 Å². The molecule has 0 unspecified atom stereocenters. The highest BCUT2D eigenvalue weighted by Crippen LogP contribution is 2.31. The Labute approximate surface area is 152 Å². The minimum atomic E-state index is -4.41. The first-order valence-electron chi connectivity index (χ1n) is 7.43. The van der Waals surface area contributed by atoms with Crippen LogP contribution in [0.2, 0.25) is 0 Å². The smallest absolute Gasteiger partial charge is 0.355 e. The molecular weight excluding hydrogens is 385 g/mol. The summed E-state index contributed by atoms with van der Waals surface area (Å²) in [6.07, 6.45) is -3.47. The molecular formula is C15H13F3N6O2S. The summed E-state index contributed by atoms with van der Waals surface area (Å²) < 4.78 is 60.4. The molecule has 0 aliphatic heterocycles. The Bertz CT molecular complexity index is 1050. The van der Waals surface area contributed by atoms with E-state index in [2.05, 4.69) is 20.7 Å². The molecule has 0 fully saturated rings. The summed E-state index contributed by atoms with van der Waals surface area (Å²) in [5, 5.41) is 14.3. The number of aromatic nitrogens is 4. The SMILES string of the molecule is CS(=O)(=O)Nn1nnc(-c2ccccc2Nc2ccc(C(F)(F)F)cc2)n1. The number of anilines is 2. The molecule has 0 aliphatic rings. The van der Waals surface area contributed by atoms with Crippen molar-refractivity contribution in [3.63, 3.8) is 0 Å². The molecule has 0 spiro atoms. The van der Waals surface area contributed by atoms with Crippen molar-refractivity contribution in [3.8, 4) is 11.4 Å². The van der Waals surface area contributed by atoms with Gasteiger partial charge in [-0.15, -0.1) is 10.2 Å². The molecule has 12 heteroatoms. The maximum absolute atomic E-state index is 12.7. The zero-order chi connectivity index (χ0) is 19.7. The third kappa shape index (κ3) is 4.73. The zero-order valence-electron chi connectivity index (χ0n) is 13.8. The van der Waals surface area contributed by atoms with E-state index < -0.39 is 21.8 Å². The minimum Gasteiger partial charge on any atom is -0.355 e. The normalized spacial score (nSPS) is 12.0. The number of sulfonamides is 1. The number of hydrogen-bond acceptors (Lipinski definition) is 6. The van der Waals surface area contributed by atoms with Crippen LogP contribution in [-0.2, 0) is 16.2 Å². The highest BCUT2D eigenvalue weighted by atomic mass is 32.2. The van der Waals surface area contributed by atoms with Gasteiger partial charge in [0.05, 0.1) is 11.8 Å². The lowest BCUT2D eigenvalue weighted by Gasteiger charge is -2.11. The standard InChI is InChI=1S/C15H13F3N6O2S/c1-27(25,26)23-24-21-14(20-22-24)12-4-2-3-5-13(12)19-11-8-6-10(7-9-11)15(16,17)18/h2-9,19,23H,1H3. The molecule has 3 aromatic rings. The van der Waals surface area contributed by atoms with Crippen molar-refractivity contribution in [2.45, 2.75) is 6.18 Å². The van der Waals surface area contributed by atoms with Gasteiger partial charge in [-0.25, -0.2) is 8.42 Å². The van der Waals surface area contributed by atoms with Crippen molar-refractivity contribution < 1.29 is 21.6 Å². The van der Waals surface area contributed by atoms with Crippen molar-refractivity contribution in [1.29, 1.82) is 0 Å². The second-order valence-corrected chi connectivity index (χ2v) is 7.24. The number of nitrogens with zero attached hydrogens (tertiary/aromatic N) is 4. The Kier molecular flexibility index (Phi) is 4.74. The maximum Gasteiger partial charge on any atom is 0.416 e. The Morgan fingerprint density at radius 3 is 2.33 bits per heavy atom. The van der Waals surface area contributed by atoms with Crippen LogP contribution in [0.3, 0.4) is 0 Å². The quantitative estimate of drug-likeness (QED) is 0.685. The highest BCUT2D eigenvalue weighted by Gasteiger charge is 2.29. The molecule has 3 rings (SSSR count). The Hall–Kier alpha value is -3.15. The van der Waals surface area contributed by atoms with Crippen molar-refractivity contribution in [3.05, 3.63) is 54.1 Å². The molecule has 0 saturated heterocycles. The molecule has 142 valence electrons. The molecule has 0 radical (unpaired) electrons. The molecule has 1 aromatic heterocycles. The van der Waals surface area contributed by atoms with Gasteiger partial charge in [0.1, 0.15) is 0 Å². The number of alkyl halides is 3. The molecule has 0 atom stereocenters. The molecule has 2 aromatic carbocycles. The van der Waals surface area contributed by atoms with E-state index in [0.717, 1.165) is 18.4 Å². The fourth-order valence-electron chi connectivity index (χ4n) is 2.19. The van der Waals surface area contributed by atoms with Crippen molar-refractivity contribution >= 4 is 21.4 Å².